The van der Waals surface area contributed by atoms with Gasteiger partial charge < -0.3 is 10.1 Å². The van der Waals surface area contributed by atoms with Crippen LogP contribution in [0.15, 0.2) is 91.0 Å². The Hall–Kier alpha value is -4.68. The van der Waals surface area contributed by atoms with E-state index in [0.717, 1.165) is 33.5 Å². The summed E-state index contributed by atoms with van der Waals surface area (Å²) in [7, 11) is 0. The Kier molecular flexibility index (Phi) is 7.54. The average molecular weight is 550 g/mol. The summed E-state index contributed by atoms with van der Waals surface area (Å²) in [4.78, 5) is 25.1. The van der Waals surface area contributed by atoms with Gasteiger partial charge in [0.2, 0.25) is 5.88 Å². The number of halogens is 1. The molecular formula is C33H28ClN3O3. The normalized spacial score (nSPS) is 10.8. The van der Waals surface area contributed by atoms with Crippen LogP contribution in [0, 0.1) is 20.8 Å². The summed E-state index contributed by atoms with van der Waals surface area (Å²) in [5.74, 6) is -0.431. The van der Waals surface area contributed by atoms with Crippen LogP contribution in [0.3, 0.4) is 0 Å². The summed E-state index contributed by atoms with van der Waals surface area (Å²) in [6.07, 6.45) is 0. The van der Waals surface area contributed by atoms with Gasteiger partial charge >= 0.3 is 5.97 Å². The van der Waals surface area contributed by atoms with Crippen LogP contribution in [-0.4, -0.2) is 21.7 Å². The van der Waals surface area contributed by atoms with Gasteiger partial charge in [0.1, 0.15) is 5.69 Å². The summed E-state index contributed by atoms with van der Waals surface area (Å²) >= 11 is 6.20. The van der Waals surface area contributed by atoms with E-state index in [9.17, 15) is 9.59 Å². The predicted octanol–water partition coefficient (Wildman–Crippen LogP) is 7.96. The van der Waals surface area contributed by atoms with Crippen LogP contribution >= 0.6 is 11.6 Å². The highest BCUT2D eigenvalue weighted by atomic mass is 35.5. The molecule has 0 aliphatic rings. The Morgan fingerprint density at radius 3 is 2.25 bits per heavy atom. The van der Waals surface area contributed by atoms with Gasteiger partial charge in [-0.05, 0) is 73.9 Å². The Bertz CT molecular complexity index is 1740. The van der Waals surface area contributed by atoms with E-state index in [1.54, 1.807) is 41.1 Å². The van der Waals surface area contributed by atoms with E-state index in [1.165, 1.54) is 6.92 Å². The largest absolute Gasteiger partial charge is 0.407 e. The van der Waals surface area contributed by atoms with E-state index in [-0.39, 0.29) is 5.91 Å². The molecule has 40 heavy (non-hydrogen) atoms. The van der Waals surface area contributed by atoms with Crippen LogP contribution in [-0.2, 0) is 4.79 Å². The zero-order chi connectivity index (χ0) is 28.4. The maximum Gasteiger partial charge on any atom is 0.309 e. The second-order valence-electron chi connectivity index (χ2n) is 9.70. The summed E-state index contributed by atoms with van der Waals surface area (Å²) in [5, 5.41) is 8.27. The van der Waals surface area contributed by atoms with Crippen molar-refractivity contribution in [2.45, 2.75) is 27.7 Å². The smallest absolute Gasteiger partial charge is 0.309 e. The van der Waals surface area contributed by atoms with Crippen molar-refractivity contribution in [1.82, 2.24) is 9.78 Å². The Labute approximate surface area is 238 Å². The highest BCUT2D eigenvalue weighted by Crippen LogP contribution is 2.42. The molecule has 0 unspecified atom stereocenters. The lowest BCUT2D eigenvalue weighted by atomic mass is 9.99. The number of anilines is 1. The number of nitrogens with zero attached hydrogens (tertiary/aromatic N) is 2. The fraction of sp³-hybridized carbons (Fsp3) is 0.121. The van der Waals surface area contributed by atoms with Crippen molar-refractivity contribution in [2.24, 2.45) is 0 Å². The number of rotatable bonds is 6. The van der Waals surface area contributed by atoms with Gasteiger partial charge in [0, 0.05) is 18.2 Å². The minimum atomic E-state index is -0.452. The predicted molar refractivity (Wildman–Crippen MR) is 159 cm³/mol. The summed E-state index contributed by atoms with van der Waals surface area (Å²) < 4.78 is 7.55. The summed E-state index contributed by atoms with van der Waals surface area (Å²) in [6, 6.07) is 28.4. The summed E-state index contributed by atoms with van der Waals surface area (Å²) in [5.41, 5.74) is 7.95. The Balaban J connectivity index is 1.65. The van der Waals surface area contributed by atoms with Gasteiger partial charge in [0.25, 0.3) is 5.91 Å². The minimum absolute atomic E-state index is 0.304. The first-order valence-electron chi connectivity index (χ1n) is 12.8. The van der Waals surface area contributed by atoms with Gasteiger partial charge in [0.05, 0.1) is 21.8 Å². The van der Waals surface area contributed by atoms with Gasteiger partial charge in [-0.2, -0.15) is 9.78 Å². The molecule has 0 saturated carbocycles. The lowest BCUT2D eigenvalue weighted by Gasteiger charge is -2.12. The van der Waals surface area contributed by atoms with Gasteiger partial charge in [-0.15, -0.1) is 0 Å². The standard InChI is InChI=1S/C33H28ClN3O3/c1-20-8-7-9-25(18-20)31-30(33(40-23(4)38)37(36-31)29-19-21(2)12-13-22(29)3)24-14-16-26(17-15-24)35-32(39)27-10-5-6-11-28(27)34/h5-19H,1-4H3,(H,35,39). The molecule has 5 aromatic rings. The third kappa shape index (κ3) is 5.53. The number of hydrogen-bond acceptors (Lipinski definition) is 4. The van der Waals surface area contributed by atoms with Crippen LogP contribution in [0.2, 0.25) is 5.02 Å². The average Bonchev–Trinajstić information content (AvgIpc) is 3.29. The van der Waals surface area contributed by atoms with E-state index in [2.05, 4.69) is 11.4 Å². The van der Waals surface area contributed by atoms with E-state index < -0.39 is 5.97 Å². The van der Waals surface area contributed by atoms with E-state index >= 15 is 0 Å². The molecule has 1 aromatic heterocycles. The number of hydrogen-bond donors (Lipinski definition) is 1. The Morgan fingerprint density at radius 2 is 1.55 bits per heavy atom. The number of aromatic nitrogens is 2. The van der Waals surface area contributed by atoms with Crippen LogP contribution in [0.5, 0.6) is 5.88 Å². The molecule has 200 valence electrons. The molecule has 0 bridgehead atoms. The highest BCUT2D eigenvalue weighted by Gasteiger charge is 2.25. The second-order valence-corrected chi connectivity index (χ2v) is 10.1. The molecule has 1 amide bonds. The van der Waals surface area contributed by atoms with Crippen LogP contribution < -0.4 is 10.1 Å². The van der Waals surface area contributed by atoms with E-state index in [0.29, 0.717) is 33.4 Å². The minimum Gasteiger partial charge on any atom is -0.407 e. The SMILES string of the molecule is CC(=O)Oc1c(-c2ccc(NC(=O)c3ccccc3Cl)cc2)c(-c2cccc(C)c2)nn1-c1cc(C)ccc1C. The van der Waals surface area contributed by atoms with Gasteiger partial charge in [0.15, 0.2) is 0 Å². The maximum absolute atomic E-state index is 12.8. The number of carbonyl (C=O) groups is 2. The van der Waals surface area contributed by atoms with Crippen molar-refractivity contribution in [1.29, 1.82) is 0 Å². The first-order valence-corrected chi connectivity index (χ1v) is 13.2. The number of esters is 1. The van der Waals surface area contributed by atoms with E-state index in [4.69, 9.17) is 21.4 Å². The zero-order valence-corrected chi connectivity index (χ0v) is 23.4. The van der Waals surface area contributed by atoms with Crippen molar-refractivity contribution in [3.63, 3.8) is 0 Å². The molecule has 6 nitrogen and oxygen atoms in total. The Morgan fingerprint density at radius 1 is 0.825 bits per heavy atom. The second kappa shape index (κ2) is 11.2. The van der Waals surface area contributed by atoms with Crippen LogP contribution in [0.1, 0.15) is 34.0 Å². The highest BCUT2D eigenvalue weighted by molar-refractivity contribution is 6.34. The molecule has 0 atom stereocenters. The number of benzene rings is 4. The molecule has 1 heterocycles. The molecule has 0 aliphatic carbocycles. The number of nitrogens with one attached hydrogen (secondary N) is 1. The number of carbonyl (C=O) groups excluding carboxylic acids is 2. The first-order chi connectivity index (χ1) is 19.2. The molecule has 1 N–H and O–H groups in total. The first kappa shape index (κ1) is 26.9. The van der Waals surface area contributed by atoms with Crippen molar-refractivity contribution in [3.8, 4) is 34.0 Å². The van der Waals surface area contributed by atoms with Gasteiger partial charge in [-0.25, -0.2) is 0 Å². The maximum atomic E-state index is 12.8. The quantitative estimate of drug-likeness (QED) is 0.218. The lowest BCUT2D eigenvalue weighted by Crippen LogP contribution is -2.12. The van der Waals surface area contributed by atoms with Crippen molar-refractivity contribution >= 4 is 29.2 Å². The summed E-state index contributed by atoms with van der Waals surface area (Å²) in [6.45, 7) is 7.41. The monoisotopic (exact) mass is 549 g/mol. The zero-order valence-electron chi connectivity index (χ0n) is 22.7. The topological polar surface area (TPSA) is 73.2 Å². The van der Waals surface area contributed by atoms with Crippen molar-refractivity contribution in [3.05, 3.63) is 118 Å². The lowest BCUT2D eigenvalue weighted by molar-refractivity contribution is -0.132. The molecule has 0 spiro atoms. The molecule has 7 heteroatoms. The third-order valence-corrected chi connectivity index (χ3v) is 6.85. The molecular weight excluding hydrogens is 522 g/mol. The van der Waals surface area contributed by atoms with Crippen LogP contribution in [0.4, 0.5) is 5.69 Å². The van der Waals surface area contributed by atoms with Crippen molar-refractivity contribution < 1.29 is 14.3 Å². The van der Waals surface area contributed by atoms with Crippen molar-refractivity contribution in [2.75, 3.05) is 5.32 Å². The molecule has 4 aromatic carbocycles. The molecule has 0 fully saturated rings. The number of amides is 1. The third-order valence-electron chi connectivity index (χ3n) is 6.52. The molecule has 5 rings (SSSR count). The molecule has 0 aliphatic heterocycles. The van der Waals surface area contributed by atoms with Gasteiger partial charge in [-0.3, -0.25) is 9.59 Å². The van der Waals surface area contributed by atoms with E-state index in [1.807, 2.05) is 69.3 Å². The molecule has 0 radical (unpaired) electrons. The fourth-order valence-corrected chi connectivity index (χ4v) is 4.78. The fourth-order valence-electron chi connectivity index (χ4n) is 4.56. The molecule has 0 saturated heterocycles. The number of ether oxygens (including phenoxy) is 1. The van der Waals surface area contributed by atoms with Crippen LogP contribution in [0.25, 0.3) is 28.1 Å². The number of aryl methyl sites for hydroxylation is 3. The van der Waals surface area contributed by atoms with Gasteiger partial charge in [-0.1, -0.05) is 71.8 Å².